The molecule has 1 fully saturated rings. The quantitative estimate of drug-likeness (QED) is 0.885. The molecule has 1 saturated carbocycles. The summed E-state index contributed by atoms with van der Waals surface area (Å²) in [6.07, 6.45) is 7.10. The minimum atomic E-state index is 0.706. The zero-order chi connectivity index (χ0) is 13.8. The molecule has 0 amide bonds. The SMILES string of the molecule is CC1CCC(C(C)C)C(NCCc2ccnn2C)C1. The van der Waals surface area contributed by atoms with Crippen molar-refractivity contribution in [3.05, 3.63) is 18.0 Å². The van der Waals surface area contributed by atoms with E-state index in [9.17, 15) is 0 Å². The summed E-state index contributed by atoms with van der Waals surface area (Å²) in [5, 5.41) is 8.03. The Kier molecular flexibility index (Phi) is 5.03. The molecule has 0 aromatic carbocycles. The number of rotatable bonds is 5. The topological polar surface area (TPSA) is 29.9 Å². The Bertz CT molecular complexity index is 383. The van der Waals surface area contributed by atoms with Crippen LogP contribution in [0.5, 0.6) is 0 Å². The molecule has 3 atom stereocenters. The Morgan fingerprint density at radius 3 is 2.84 bits per heavy atom. The summed E-state index contributed by atoms with van der Waals surface area (Å²) >= 11 is 0. The molecule has 3 heteroatoms. The van der Waals surface area contributed by atoms with E-state index >= 15 is 0 Å². The van der Waals surface area contributed by atoms with Gasteiger partial charge in [0.05, 0.1) is 0 Å². The summed E-state index contributed by atoms with van der Waals surface area (Å²) in [6, 6.07) is 2.82. The van der Waals surface area contributed by atoms with Gasteiger partial charge >= 0.3 is 0 Å². The number of aryl methyl sites for hydroxylation is 1. The highest BCUT2D eigenvalue weighted by molar-refractivity contribution is 5.00. The summed E-state index contributed by atoms with van der Waals surface area (Å²) in [5.41, 5.74) is 1.32. The molecule has 0 bridgehead atoms. The van der Waals surface area contributed by atoms with Gasteiger partial charge in [-0.1, -0.05) is 27.2 Å². The third-order valence-electron chi connectivity index (χ3n) is 4.73. The molecule has 0 saturated heterocycles. The first-order valence-electron chi connectivity index (χ1n) is 7.78. The predicted molar refractivity (Wildman–Crippen MR) is 80.0 cm³/mol. The highest BCUT2D eigenvalue weighted by atomic mass is 15.3. The average molecular weight is 263 g/mol. The Balaban J connectivity index is 1.84. The summed E-state index contributed by atoms with van der Waals surface area (Å²) < 4.78 is 1.98. The number of nitrogens with one attached hydrogen (secondary N) is 1. The predicted octanol–water partition coefficient (Wildman–Crippen LogP) is 3.01. The van der Waals surface area contributed by atoms with Crippen molar-refractivity contribution in [1.82, 2.24) is 15.1 Å². The number of aromatic nitrogens is 2. The van der Waals surface area contributed by atoms with Gasteiger partial charge < -0.3 is 5.32 Å². The van der Waals surface area contributed by atoms with Crippen molar-refractivity contribution in [3.63, 3.8) is 0 Å². The van der Waals surface area contributed by atoms with Gasteiger partial charge in [-0.25, -0.2) is 0 Å². The molecule has 1 aliphatic rings. The van der Waals surface area contributed by atoms with Crippen molar-refractivity contribution >= 4 is 0 Å². The fourth-order valence-electron chi connectivity index (χ4n) is 3.47. The number of nitrogens with zero attached hydrogens (tertiary/aromatic N) is 2. The molecule has 0 spiro atoms. The second-order valence-electron chi connectivity index (χ2n) is 6.58. The lowest BCUT2D eigenvalue weighted by molar-refractivity contribution is 0.171. The number of hydrogen-bond donors (Lipinski definition) is 1. The zero-order valence-corrected chi connectivity index (χ0v) is 12.9. The minimum Gasteiger partial charge on any atom is -0.313 e. The average Bonchev–Trinajstić information content (AvgIpc) is 2.75. The van der Waals surface area contributed by atoms with Gasteiger partial charge in [-0.3, -0.25) is 4.68 Å². The molecule has 3 nitrogen and oxygen atoms in total. The van der Waals surface area contributed by atoms with Gasteiger partial charge in [0.25, 0.3) is 0 Å². The van der Waals surface area contributed by atoms with Crippen LogP contribution in [0.25, 0.3) is 0 Å². The highest BCUT2D eigenvalue weighted by Crippen LogP contribution is 2.33. The van der Waals surface area contributed by atoms with Gasteiger partial charge in [0.2, 0.25) is 0 Å². The van der Waals surface area contributed by atoms with E-state index in [1.165, 1.54) is 25.0 Å². The van der Waals surface area contributed by atoms with Gasteiger partial charge in [-0.15, -0.1) is 0 Å². The summed E-state index contributed by atoms with van der Waals surface area (Å²) in [4.78, 5) is 0. The van der Waals surface area contributed by atoms with Crippen LogP contribution in [-0.2, 0) is 13.5 Å². The summed E-state index contributed by atoms with van der Waals surface area (Å²) in [5.74, 6) is 2.52. The van der Waals surface area contributed by atoms with E-state index in [-0.39, 0.29) is 0 Å². The van der Waals surface area contributed by atoms with Crippen LogP contribution in [0.1, 0.15) is 45.7 Å². The molecule has 1 heterocycles. The molecule has 2 rings (SSSR count). The van der Waals surface area contributed by atoms with Crippen molar-refractivity contribution in [2.75, 3.05) is 6.54 Å². The Hall–Kier alpha value is -0.830. The lowest BCUT2D eigenvalue weighted by atomic mass is 9.74. The smallest absolute Gasteiger partial charge is 0.0492 e. The molecule has 0 aliphatic heterocycles. The fourth-order valence-corrected chi connectivity index (χ4v) is 3.47. The van der Waals surface area contributed by atoms with Crippen LogP contribution < -0.4 is 5.32 Å². The Labute approximate surface area is 117 Å². The van der Waals surface area contributed by atoms with Crippen molar-refractivity contribution in [3.8, 4) is 0 Å². The maximum atomic E-state index is 4.23. The molecule has 3 unspecified atom stereocenters. The molecule has 108 valence electrons. The molecule has 19 heavy (non-hydrogen) atoms. The highest BCUT2D eigenvalue weighted by Gasteiger charge is 2.29. The first-order chi connectivity index (χ1) is 9.08. The van der Waals surface area contributed by atoms with Gasteiger partial charge in [-0.2, -0.15) is 5.10 Å². The van der Waals surface area contributed by atoms with Crippen LogP contribution >= 0.6 is 0 Å². The van der Waals surface area contributed by atoms with Crippen LogP contribution in [-0.4, -0.2) is 22.4 Å². The van der Waals surface area contributed by atoms with Gasteiger partial charge in [0, 0.05) is 37.9 Å². The molecular formula is C16H29N3. The van der Waals surface area contributed by atoms with Crippen LogP contribution in [0, 0.1) is 17.8 Å². The van der Waals surface area contributed by atoms with E-state index in [2.05, 4.69) is 37.3 Å². The van der Waals surface area contributed by atoms with E-state index in [4.69, 9.17) is 0 Å². The van der Waals surface area contributed by atoms with Crippen LogP contribution in [0.4, 0.5) is 0 Å². The van der Waals surface area contributed by atoms with Crippen molar-refractivity contribution in [1.29, 1.82) is 0 Å². The zero-order valence-electron chi connectivity index (χ0n) is 12.9. The van der Waals surface area contributed by atoms with Gasteiger partial charge in [0.15, 0.2) is 0 Å². The maximum Gasteiger partial charge on any atom is 0.0492 e. The standard InChI is InChI=1S/C16H29N3/c1-12(2)15-6-5-13(3)11-16(15)17-9-7-14-8-10-18-19(14)4/h8,10,12-13,15-17H,5-7,9,11H2,1-4H3. The molecule has 1 N–H and O–H groups in total. The number of hydrogen-bond acceptors (Lipinski definition) is 2. The van der Waals surface area contributed by atoms with Crippen molar-refractivity contribution in [2.45, 2.75) is 52.5 Å². The van der Waals surface area contributed by atoms with Crippen LogP contribution in [0.2, 0.25) is 0 Å². The lowest BCUT2D eigenvalue weighted by Gasteiger charge is -2.38. The van der Waals surface area contributed by atoms with Crippen LogP contribution in [0.3, 0.4) is 0 Å². The monoisotopic (exact) mass is 263 g/mol. The van der Waals surface area contributed by atoms with E-state index in [1.807, 2.05) is 17.9 Å². The Morgan fingerprint density at radius 1 is 1.42 bits per heavy atom. The molecule has 1 aromatic rings. The largest absolute Gasteiger partial charge is 0.313 e. The van der Waals surface area contributed by atoms with Gasteiger partial charge in [-0.05, 0) is 36.7 Å². The first kappa shape index (κ1) is 14.6. The molecule has 0 radical (unpaired) electrons. The van der Waals surface area contributed by atoms with Crippen molar-refractivity contribution < 1.29 is 0 Å². The lowest BCUT2D eigenvalue weighted by Crippen LogP contribution is -2.43. The molecular weight excluding hydrogens is 234 g/mol. The van der Waals surface area contributed by atoms with E-state index in [0.717, 1.165) is 30.7 Å². The Morgan fingerprint density at radius 2 is 2.21 bits per heavy atom. The van der Waals surface area contributed by atoms with E-state index < -0.39 is 0 Å². The fraction of sp³-hybridized carbons (Fsp3) is 0.812. The maximum absolute atomic E-state index is 4.23. The molecule has 1 aliphatic carbocycles. The second kappa shape index (κ2) is 6.56. The molecule has 1 aromatic heterocycles. The summed E-state index contributed by atoms with van der Waals surface area (Å²) in [7, 11) is 2.02. The first-order valence-corrected chi connectivity index (χ1v) is 7.78. The summed E-state index contributed by atoms with van der Waals surface area (Å²) in [6.45, 7) is 8.21. The van der Waals surface area contributed by atoms with Crippen molar-refractivity contribution in [2.24, 2.45) is 24.8 Å². The van der Waals surface area contributed by atoms with E-state index in [1.54, 1.807) is 0 Å². The third-order valence-corrected chi connectivity index (χ3v) is 4.73. The minimum absolute atomic E-state index is 0.706. The van der Waals surface area contributed by atoms with Gasteiger partial charge in [0.1, 0.15) is 0 Å². The second-order valence-corrected chi connectivity index (χ2v) is 6.58. The normalized spacial score (nSPS) is 27.9. The van der Waals surface area contributed by atoms with E-state index in [0.29, 0.717) is 6.04 Å². The van der Waals surface area contributed by atoms with Crippen LogP contribution in [0.15, 0.2) is 12.3 Å². The third kappa shape index (κ3) is 3.82.